The van der Waals surface area contributed by atoms with E-state index in [4.69, 9.17) is 0 Å². The second kappa shape index (κ2) is 3.03. The van der Waals surface area contributed by atoms with E-state index in [1.54, 1.807) is 12.3 Å². The fourth-order valence-corrected chi connectivity index (χ4v) is 1.97. The van der Waals surface area contributed by atoms with E-state index >= 15 is 0 Å². The van der Waals surface area contributed by atoms with Crippen molar-refractivity contribution in [1.82, 2.24) is 4.98 Å². The fourth-order valence-electron chi connectivity index (χ4n) is 0.679. The van der Waals surface area contributed by atoms with Gasteiger partial charge in [-0.1, -0.05) is 7.60 Å². The number of thiazole rings is 1. The van der Waals surface area contributed by atoms with Crippen molar-refractivity contribution in [2.75, 3.05) is 0 Å². The zero-order chi connectivity index (χ0) is 8.48. The van der Waals surface area contributed by atoms with Gasteiger partial charge in [-0.15, -0.1) is 11.3 Å². The lowest BCUT2D eigenvalue weighted by molar-refractivity contribution is -0.314. The SMILES string of the molecule is Cc1nc(CP(=O)([O-])[O-])cs1. The molecule has 0 fully saturated rings. The van der Waals surface area contributed by atoms with E-state index in [1.807, 2.05) is 0 Å². The Bertz CT molecular complexity index is 292. The summed E-state index contributed by atoms with van der Waals surface area (Å²) in [5.41, 5.74) is 0.348. The van der Waals surface area contributed by atoms with E-state index in [2.05, 4.69) is 4.98 Å². The molecule has 0 bridgehead atoms. The molecular weight excluding hydrogens is 185 g/mol. The number of hydrogen-bond donors (Lipinski definition) is 0. The third kappa shape index (κ3) is 3.12. The Hall–Kier alpha value is -0.220. The highest BCUT2D eigenvalue weighted by atomic mass is 32.1. The number of hydrogen-bond acceptors (Lipinski definition) is 5. The van der Waals surface area contributed by atoms with E-state index in [9.17, 15) is 14.4 Å². The van der Waals surface area contributed by atoms with Gasteiger partial charge in [0.1, 0.15) is 0 Å². The normalized spacial score (nSPS) is 11.9. The van der Waals surface area contributed by atoms with Crippen LogP contribution in [0, 0.1) is 6.92 Å². The first-order valence-electron chi connectivity index (χ1n) is 2.89. The van der Waals surface area contributed by atoms with Crippen molar-refractivity contribution >= 4 is 18.9 Å². The van der Waals surface area contributed by atoms with Gasteiger partial charge in [-0.2, -0.15) is 0 Å². The average molecular weight is 191 g/mol. The molecule has 0 aliphatic heterocycles. The molecule has 11 heavy (non-hydrogen) atoms. The van der Waals surface area contributed by atoms with Gasteiger partial charge >= 0.3 is 0 Å². The average Bonchev–Trinajstić information content (AvgIpc) is 2.10. The molecule has 6 heteroatoms. The molecule has 1 rings (SSSR count). The summed E-state index contributed by atoms with van der Waals surface area (Å²) in [5, 5.41) is 2.35. The van der Waals surface area contributed by atoms with Gasteiger partial charge in [0.25, 0.3) is 0 Å². The Morgan fingerprint density at radius 1 is 1.73 bits per heavy atom. The molecule has 1 heterocycles. The zero-order valence-corrected chi connectivity index (χ0v) is 7.52. The molecule has 0 amide bonds. The molecular formula is C5H6NO3PS-2. The summed E-state index contributed by atoms with van der Waals surface area (Å²) in [6, 6.07) is 0. The first-order valence-corrected chi connectivity index (χ1v) is 5.50. The summed E-state index contributed by atoms with van der Waals surface area (Å²) < 4.78 is 10.2. The van der Waals surface area contributed by atoms with Crippen molar-refractivity contribution in [2.24, 2.45) is 0 Å². The van der Waals surface area contributed by atoms with Crippen LogP contribution in [0.1, 0.15) is 10.7 Å². The topological polar surface area (TPSA) is 76.1 Å². The predicted octanol–water partition coefficient (Wildman–Crippen LogP) is -0.135. The van der Waals surface area contributed by atoms with Crippen LogP contribution in [0.2, 0.25) is 0 Å². The highest BCUT2D eigenvalue weighted by Crippen LogP contribution is 2.29. The van der Waals surface area contributed by atoms with Gasteiger partial charge in [-0.05, 0) is 6.92 Å². The van der Waals surface area contributed by atoms with Crippen molar-refractivity contribution < 1.29 is 14.4 Å². The smallest absolute Gasteiger partial charge is 0.0897 e. The van der Waals surface area contributed by atoms with Gasteiger partial charge in [-0.25, -0.2) is 4.98 Å². The predicted molar refractivity (Wildman–Crippen MR) is 38.2 cm³/mol. The zero-order valence-electron chi connectivity index (χ0n) is 5.81. The molecule has 0 saturated carbocycles. The van der Waals surface area contributed by atoms with E-state index in [0.717, 1.165) is 5.01 Å². The molecule has 0 N–H and O–H groups in total. The van der Waals surface area contributed by atoms with Crippen LogP contribution in [-0.4, -0.2) is 4.98 Å². The molecule has 0 saturated heterocycles. The van der Waals surface area contributed by atoms with Crippen LogP contribution in [0.15, 0.2) is 5.38 Å². The molecule has 1 aromatic rings. The molecule has 0 aliphatic rings. The summed E-state index contributed by atoms with van der Waals surface area (Å²) in [4.78, 5) is 24.3. The summed E-state index contributed by atoms with van der Waals surface area (Å²) in [6.45, 7) is 1.76. The molecule has 4 nitrogen and oxygen atoms in total. The highest BCUT2D eigenvalue weighted by molar-refractivity contribution is 7.47. The molecule has 0 spiro atoms. The van der Waals surface area contributed by atoms with Crippen molar-refractivity contribution in [1.29, 1.82) is 0 Å². The van der Waals surface area contributed by atoms with Gasteiger partial charge in [0.2, 0.25) is 0 Å². The number of aromatic nitrogens is 1. The molecule has 0 radical (unpaired) electrons. The summed E-state index contributed by atoms with van der Waals surface area (Å²) in [7, 11) is -4.43. The minimum Gasteiger partial charge on any atom is -0.810 e. The van der Waals surface area contributed by atoms with Crippen LogP contribution >= 0.6 is 18.9 Å². The minimum absolute atomic E-state index is 0.348. The van der Waals surface area contributed by atoms with Crippen LogP contribution in [0.5, 0.6) is 0 Å². The highest BCUT2D eigenvalue weighted by Gasteiger charge is 1.99. The van der Waals surface area contributed by atoms with Crippen LogP contribution in [0.4, 0.5) is 0 Å². The summed E-state index contributed by atoms with van der Waals surface area (Å²) in [6.07, 6.45) is -0.475. The van der Waals surface area contributed by atoms with E-state index in [-0.39, 0.29) is 0 Å². The van der Waals surface area contributed by atoms with E-state index in [0.29, 0.717) is 5.69 Å². The molecule has 62 valence electrons. The van der Waals surface area contributed by atoms with Gasteiger partial charge < -0.3 is 14.4 Å². The lowest BCUT2D eigenvalue weighted by Gasteiger charge is -2.28. The van der Waals surface area contributed by atoms with E-state index < -0.39 is 13.8 Å². The second-order valence-corrected chi connectivity index (χ2v) is 4.73. The quantitative estimate of drug-likeness (QED) is 0.610. The van der Waals surface area contributed by atoms with E-state index in [1.165, 1.54) is 11.3 Å². The first kappa shape index (κ1) is 8.87. The van der Waals surface area contributed by atoms with Crippen LogP contribution in [-0.2, 0) is 10.7 Å². The lowest BCUT2D eigenvalue weighted by Crippen LogP contribution is -2.15. The maximum atomic E-state index is 10.2. The fraction of sp³-hybridized carbons (Fsp3) is 0.400. The van der Waals surface area contributed by atoms with Crippen LogP contribution in [0.3, 0.4) is 0 Å². The largest absolute Gasteiger partial charge is 0.810 e. The Morgan fingerprint density at radius 3 is 2.73 bits per heavy atom. The molecule has 1 aromatic heterocycles. The van der Waals surface area contributed by atoms with Crippen molar-refractivity contribution in [3.63, 3.8) is 0 Å². The third-order valence-corrected chi connectivity index (χ3v) is 2.56. The summed E-state index contributed by atoms with van der Waals surface area (Å²) in [5.74, 6) is 0. The Morgan fingerprint density at radius 2 is 2.36 bits per heavy atom. The first-order chi connectivity index (χ1) is 4.97. The maximum absolute atomic E-state index is 10.2. The minimum atomic E-state index is -4.43. The Kier molecular flexibility index (Phi) is 2.44. The number of nitrogens with zero attached hydrogens (tertiary/aromatic N) is 1. The molecule has 0 aliphatic carbocycles. The standard InChI is InChI=1S/C5H8NO3PS/c1-4-6-5(3-11-4)2-10(7,8)9/h3H,2H2,1H3,(H2,7,8,9)/p-2. The van der Waals surface area contributed by atoms with Crippen LogP contribution < -0.4 is 9.79 Å². The van der Waals surface area contributed by atoms with Gasteiger partial charge in [0.15, 0.2) is 0 Å². The molecule has 0 aromatic carbocycles. The number of rotatable bonds is 2. The number of aryl methyl sites for hydroxylation is 1. The Labute approximate surface area is 68.1 Å². The molecule has 0 atom stereocenters. The second-order valence-electron chi connectivity index (χ2n) is 2.13. The van der Waals surface area contributed by atoms with Crippen LogP contribution in [0.25, 0.3) is 0 Å². The lowest BCUT2D eigenvalue weighted by atomic mass is 10.6. The summed E-state index contributed by atoms with van der Waals surface area (Å²) >= 11 is 1.34. The van der Waals surface area contributed by atoms with Crippen molar-refractivity contribution in [3.05, 3.63) is 16.1 Å². The van der Waals surface area contributed by atoms with Gasteiger partial charge in [0, 0.05) is 11.5 Å². The third-order valence-electron chi connectivity index (χ3n) is 1.02. The van der Waals surface area contributed by atoms with Crippen molar-refractivity contribution in [2.45, 2.75) is 13.1 Å². The molecule has 0 unspecified atom stereocenters. The van der Waals surface area contributed by atoms with Gasteiger partial charge in [-0.3, -0.25) is 0 Å². The van der Waals surface area contributed by atoms with Gasteiger partial charge in [0.05, 0.1) is 10.7 Å². The van der Waals surface area contributed by atoms with Crippen molar-refractivity contribution in [3.8, 4) is 0 Å². The Balaban J connectivity index is 2.73. The maximum Gasteiger partial charge on any atom is 0.0897 e. The monoisotopic (exact) mass is 191 g/mol.